The van der Waals surface area contributed by atoms with Crippen LogP contribution in [0.25, 0.3) is 0 Å². The lowest BCUT2D eigenvalue weighted by atomic mass is 10.2. The molecule has 1 aromatic heterocycles. The van der Waals surface area contributed by atoms with Crippen molar-refractivity contribution in [2.75, 3.05) is 25.0 Å². The number of halogens is 3. The van der Waals surface area contributed by atoms with Gasteiger partial charge in [0.1, 0.15) is 5.75 Å². The molecule has 1 saturated heterocycles. The number of aliphatic imine (C=N–C) groups is 1. The van der Waals surface area contributed by atoms with E-state index in [4.69, 9.17) is 0 Å². The Balaban J connectivity index is 1.83. The lowest BCUT2D eigenvalue weighted by molar-refractivity contribution is -0.274. The zero-order chi connectivity index (χ0) is 21.0. The normalized spacial score (nSPS) is 14.9. The molecule has 1 fully saturated rings. The first-order valence-corrected chi connectivity index (χ1v) is 10.2. The Bertz CT molecular complexity index is 885. The van der Waals surface area contributed by atoms with Crippen molar-refractivity contribution in [2.24, 2.45) is 4.99 Å². The summed E-state index contributed by atoms with van der Waals surface area (Å²) in [6.45, 7) is 6.04. The lowest BCUT2D eigenvalue weighted by Gasteiger charge is -2.13. The summed E-state index contributed by atoms with van der Waals surface area (Å²) in [7, 11) is 0. The van der Waals surface area contributed by atoms with E-state index in [9.17, 15) is 18.0 Å². The van der Waals surface area contributed by atoms with Gasteiger partial charge in [-0.25, -0.2) is 0 Å². The Kier molecular flexibility index (Phi) is 6.46. The fourth-order valence-electron chi connectivity index (χ4n) is 3.11. The summed E-state index contributed by atoms with van der Waals surface area (Å²) in [5.41, 5.74) is 1.98. The van der Waals surface area contributed by atoms with E-state index in [1.807, 2.05) is 24.8 Å². The van der Waals surface area contributed by atoms with E-state index in [0.29, 0.717) is 22.8 Å². The Hall–Kier alpha value is -2.55. The number of carbonyl (C=O) groups excluding carboxylic acids is 1. The highest BCUT2D eigenvalue weighted by atomic mass is 32.1. The Morgan fingerprint density at radius 3 is 2.48 bits per heavy atom. The van der Waals surface area contributed by atoms with E-state index in [2.05, 4.69) is 15.0 Å². The Morgan fingerprint density at radius 2 is 1.90 bits per heavy atom. The molecule has 29 heavy (non-hydrogen) atoms. The number of ether oxygens (including phenoxy) is 1. The number of anilines is 1. The van der Waals surface area contributed by atoms with Crippen LogP contribution in [0.1, 0.15) is 41.9 Å². The van der Waals surface area contributed by atoms with Crippen molar-refractivity contribution >= 4 is 33.6 Å². The van der Waals surface area contributed by atoms with Gasteiger partial charge in [0.05, 0.1) is 15.6 Å². The number of alkyl halides is 3. The largest absolute Gasteiger partial charge is 0.573 e. The smallest absolute Gasteiger partial charge is 0.406 e. The molecule has 2 aromatic rings. The number of rotatable bonds is 6. The second-order valence-electron chi connectivity index (χ2n) is 6.62. The molecule has 0 radical (unpaired) electrons. The highest BCUT2D eigenvalue weighted by Crippen LogP contribution is 2.32. The number of hydrogen-bond acceptors (Lipinski definition) is 5. The minimum Gasteiger partial charge on any atom is -0.406 e. The zero-order valence-electron chi connectivity index (χ0n) is 16.2. The van der Waals surface area contributed by atoms with Crippen LogP contribution >= 0.6 is 11.3 Å². The summed E-state index contributed by atoms with van der Waals surface area (Å²) in [5.74, 6) is -0.268. The zero-order valence-corrected chi connectivity index (χ0v) is 17.0. The first-order valence-electron chi connectivity index (χ1n) is 9.35. The number of nitrogens with zero attached hydrogens (tertiary/aromatic N) is 2. The molecule has 0 unspecified atom stereocenters. The van der Waals surface area contributed by atoms with Crippen LogP contribution in [0.2, 0.25) is 0 Å². The standard InChI is InChI=1S/C20H22F3N3O2S/c1-3-24-18-16(12-17(29-18)19(27)26-10-4-5-11-26)13(2)25-14-6-8-15(9-7-14)28-20(21,22)23/h6-9,12,24H,3-5,10-11H2,1-2H3. The fraction of sp³-hybridized carbons (Fsp3) is 0.400. The maximum absolute atomic E-state index is 12.7. The van der Waals surface area contributed by atoms with Crippen LogP contribution in [0.3, 0.4) is 0 Å². The van der Waals surface area contributed by atoms with Crippen molar-refractivity contribution in [1.29, 1.82) is 0 Å². The minimum absolute atomic E-state index is 0.0272. The third-order valence-electron chi connectivity index (χ3n) is 4.43. The second-order valence-corrected chi connectivity index (χ2v) is 7.67. The molecule has 5 nitrogen and oxygen atoms in total. The van der Waals surface area contributed by atoms with Gasteiger partial charge in [0.25, 0.3) is 5.91 Å². The van der Waals surface area contributed by atoms with Gasteiger partial charge in [-0.15, -0.1) is 24.5 Å². The van der Waals surface area contributed by atoms with Crippen LogP contribution in [0.5, 0.6) is 5.75 Å². The number of carbonyl (C=O) groups is 1. The molecule has 156 valence electrons. The maximum Gasteiger partial charge on any atom is 0.573 e. The monoisotopic (exact) mass is 425 g/mol. The van der Waals surface area contributed by atoms with Crippen molar-refractivity contribution < 1.29 is 22.7 Å². The van der Waals surface area contributed by atoms with Crippen molar-refractivity contribution in [3.63, 3.8) is 0 Å². The molecule has 0 bridgehead atoms. The average molecular weight is 425 g/mol. The highest BCUT2D eigenvalue weighted by molar-refractivity contribution is 7.18. The topological polar surface area (TPSA) is 53.9 Å². The molecule has 9 heteroatoms. The van der Waals surface area contributed by atoms with E-state index in [-0.39, 0.29) is 11.7 Å². The van der Waals surface area contributed by atoms with Crippen LogP contribution in [0.4, 0.5) is 23.9 Å². The van der Waals surface area contributed by atoms with Gasteiger partial charge in [0.15, 0.2) is 0 Å². The Labute approximate surface area is 171 Å². The third-order valence-corrected chi connectivity index (χ3v) is 5.51. The minimum atomic E-state index is -4.73. The summed E-state index contributed by atoms with van der Waals surface area (Å²) in [5, 5.41) is 4.12. The van der Waals surface area contributed by atoms with Gasteiger partial charge in [0, 0.05) is 30.9 Å². The predicted molar refractivity (Wildman–Crippen MR) is 109 cm³/mol. The highest BCUT2D eigenvalue weighted by Gasteiger charge is 2.31. The number of nitrogens with one attached hydrogen (secondary N) is 1. The quantitative estimate of drug-likeness (QED) is 0.626. The van der Waals surface area contributed by atoms with Gasteiger partial charge in [-0.2, -0.15) is 0 Å². The molecule has 2 heterocycles. The number of thiophene rings is 1. The number of amides is 1. The third kappa shape index (κ3) is 5.50. The van der Waals surface area contributed by atoms with Crippen LogP contribution in [0.15, 0.2) is 35.3 Å². The van der Waals surface area contributed by atoms with E-state index < -0.39 is 6.36 Å². The summed E-state index contributed by atoms with van der Waals surface area (Å²) in [6, 6.07) is 7.20. The molecule has 1 aliphatic heterocycles. The van der Waals surface area contributed by atoms with Crippen molar-refractivity contribution in [2.45, 2.75) is 33.1 Å². The number of hydrogen-bond donors (Lipinski definition) is 1. The lowest BCUT2D eigenvalue weighted by Crippen LogP contribution is -2.26. The molecule has 1 aromatic carbocycles. The predicted octanol–water partition coefficient (Wildman–Crippen LogP) is 5.46. The SMILES string of the molecule is CCNc1sc(C(=O)N2CCCC2)cc1C(C)=Nc1ccc(OC(F)(F)F)cc1. The van der Waals surface area contributed by atoms with Crippen LogP contribution < -0.4 is 10.1 Å². The first kappa shape index (κ1) is 21.2. The molecule has 0 saturated carbocycles. The number of likely N-dealkylation sites (tertiary alicyclic amines) is 1. The summed E-state index contributed by atoms with van der Waals surface area (Å²) >= 11 is 1.40. The van der Waals surface area contributed by atoms with Gasteiger partial charge < -0.3 is 15.0 Å². The first-order chi connectivity index (χ1) is 13.8. The van der Waals surface area contributed by atoms with Gasteiger partial charge in [-0.3, -0.25) is 9.79 Å². The van der Waals surface area contributed by atoms with Crippen LogP contribution in [-0.2, 0) is 0 Å². The van der Waals surface area contributed by atoms with Gasteiger partial charge in [-0.1, -0.05) is 0 Å². The molecular weight excluding hydrogens is 403 g/mol. The molecule has 3 rings (SSSR count). The van der Waals surface area contributed by atoms with Crippen molar-refractivity contribution in [1.82, 2.24) is 4.90 Å². The number of benzene rings is 1. The van der Waals surface area contributed by atoms with Crippen LogP contribution in [-0.4, -0.2) is 42.5 Å². The van der Waals surface area contributed by atoms with Crippen molar-refractivity contribution in [3.8, 4) is 5.75 Å². The molecule has 1 aliphatic rings. The van der Waals surface area contributed by atoms with Crippen LogP contribution in [0, 0.1) is 0 Å². The maximum atomic E-state index is 12.7. The van der Waals surface area contributed by atoms with Gasteiger partial charge >= 0.3 is 6.36 Å². The Morgan fingerprint density at radius 1 is 1.24 bits per heavy atom. The summed E-state index contributed by atoms with van der Waals surface area (Å²) < 4.78 is 40.7. The van der Waals surface area contributed by atoms with Crippen molar-refractivity contribution in [3.05, 3.63) is 40.8 Å². The molecular formula is C20H22F3N3O2S. The van der Waals surface area contributed by atoms with Gasteiger partial charge in [-0.05, 0) is 57.0 Å². The molecule has 0 spiro atoms. The van der Waals surface area contributed by atoms with E-state index in [0.717, 1.165) is 36.5 Å². The second kappa shape index (κ2) is 8.86. The average Bonchev–Trinajstić information content (AvgIpc) is 3.32. The summed E-state index contributed by atoms with van der Waals surface area (Å²) in [6.07, 6.45) is -2.67. The molecule has 0 aliphatic carbocycles. The van der Waals surface area contributed by atoms with E-state index >= 15 is 0 Å². The van der Waals surface area contributed by atoms with Gasteiger partial charge in [0.2, 0.25) is 0 Å². The summed E-state index contributed by atoms with van der Waals surface area (Å²) in [4.78, 5) is 19.7. The van der Waals surface area contributed by atoms with E-state index in [1.54, 1.807) is 0 Å². The molecule has 1 N–H and O–H groups in total. The fourth-order valence-corrected chi connectivity index (χ4v) is 4.26. The molecule has 0 atom stereocenters. The van der Waals surface area contributed by atoms with E-state index in [1.165, 1.54) is 35.6 Å². The molecule has 1 amide bonds.